The fourth-order valence-corrected chi connectivity index (χ4v) is 3.66. The Morgan fingerprint density at radius 2 is 2.12 bits per heavy atom. The van der Waals surface area contributed by atoms with Crippen LogP contribution in [0.25, 0.3) is 10.9 Å². The molecule has 25 heavy (non-hydrogen) atoms. The molecule has 1 aliphatic carbocycles. The van der Waals surface area contributed by atoms with Gasteiger partial charge in [-0.05, 0) is 49.6 Å². The van der Waals surface area contributed by atoms with Crippen molar-refractivity contribution in [2.45, 2.75) is 51.6 Å². The second kappa shape index (κ2) is 7.83. The van der Waals surface area contributed by atoms with Gasteiger partial charge in [0.25, 0.3) is 0 Å². The van der Waals surface area contributed by atoms with Crippen LogP contribution in [0.3, 0.4) is 0 Å². The van der Waals surface area contributed by atoms with Gasteiger partial charge in [0.1, 0.15) is 0 Å². The molecule has 1 aromatic heterocycles. The Hall–Kier alpha value is -2.14. The zero-order chi connectivity index (χ0) is 17.8. The third-order valence-corrected chi connectivity index (χ3v) is 5.08. The van der Waals surface area contributed by atoms with Crippen LogP contribution in [0.15, 0.2) is 30.5 Å². The van der Waals surface area contributed by atoms with Gasteiger partial charge in [0, 0.05) is 29.4 Å². The monoisotopic (exact) mass is 341 g/mol. The van der Waals surface area contributed by atoms with Crippen LogP contribution in [-0.2, 0) is 11.2 Å². The summed E-state index contributed by atoms with van der Waals surface area (Å²) in [4.78, 5) is 17.5. The first-order valence-electron chi connectivity index (χ1n) is 9.20. The van der Waals surface area contributed by atoms with Crippen LogP contribution >= 0.6 is 0 Å². The van der Waals surface area contributed by atoms with Gasteiger partial charge in [0.2, 0.25) is 0 Å². The molecule has 0 amide bonds. The summed E-state index contributed by atoms with van der Waals surface area (Å²) in [5.74, 6) is -0.748. The molecule has 0 radical (unpaired) electrons. The second-order valence-electron chi connectivity index (χ2n) is 6.88. The molecule has 0 spiro atoms. The Kier molecular flexibility index (Phi) is 5.53. The second-order valence-corrected chi connectivity index (χ2v) is 6.88. The molecule has 0 saturated heterocycles. The molecule has 0 aliphatic heterocycles. The molecule has 134 valence electrons. The number of benzene rings is 1. The van der Waals surface area contributed by atoms with Crippen molar-refractivity contribution in [1.82, 2.24) is 9.88 Å². The number of carboxylic acids is 1. The lowest BCUT2D eigenvalue weighted by molar-refractivity contribution is -0.139. The Bertz CT molecular complexity index is 741. The maximum absolute atomic E-state index is 11.0. The van der Waals surface area contributed by atoms with Gasteiger partial charge in [-0.2, -0.15) is 0 Å². The summed E-state index contributed by atoms with van der Waals surface area (Å²) in [6, 6.07) is 9.30. The predicted molar refractivity (Wildman–Crippen MR) is 101 cm³/mol. The molecule has 1 fully saturated rings. The van der Waals surface area contributed by atoms with Crippen LogP contribution in [0.5, 0.6) is 0 Å². The van der Waals surface area contributed by atoms with Crippen molar-refractivity contribution in [2.24, 2.45) is 0 Å². The number of likely N-dealkylation sites (N-methyl/N-ethyl adjacent to an activating group) is 1. The van der Waals surface area contributed by atoms with Crippen molar-refractivity contribution < 1.29 is 9.90 Å². The predicted octanol–water partition coefficient (Wildman–Crippen LogP) is 3.54. The molecule has 0 atom stereocenters. The zero-order valence-electron chi connectivity index (χ0n) is 15.0. The van der Waals surface area contributed by atoms with Gasteiger partial charge >= 0.3 is 5.97 Å². The molecule has 2 aromatic rings. The Labute approximate surface area is 149 Å². The van der Waals surface area contributed by atoms with E-state index in [0.29, 0.717) is 12.1 Å². The normalized spacial score (nSPS) is 19.8. The van der Waals surface area contributed by atoms with Gasteiger partial charge in [0.05, 0.1) is 12.1 Å². The van der Waals surface area contributed by atoms with Crippen LogP contribution in [0.2, 0.25) is 0 Å². The first kappa shape index (κ1) is 17.7. The maximum atomic E-state index is 11.0. The smallest absolute Gasteiger partial charge is 0.317 e. The van der Waals surface area contributed by atoms with Crippen LogP contribution in [0.4, 0.5) is 5.69 Å². The van der Waals surface area contributed by atoms with Crippen molar-refractivity contribution in [3.8, 4) is 0 Å². The highest BCUT2D eigenvalue weighted by atomic mass is 16.4. The lowest BCUT2D eigenvalue weighted by Crippen LogP contribution is -2.51. The van der Waals surface area contributed by atoms with Crippen molar-refractivity contribution in [1.29, 1.82) is 0 Å². The van der Waals surface area contributed by atoms with E-state index in [9.17, 15) is 4.79 Å². The first-order chi connectivity index (χ1) is 12.1. The number of aliphatic carboxylic acids is 1. The number of hydrogen-bond donors (Lipinski definition) is 2. The molecule has 0 bridgehead atoms. The van der Waals surface area contributed by atoms with Crippen molar-refractivity contribution in [3.63, 3.8) is 0 Å². The third kappa shape index (κ3) is 4.10. The summed E-state index contributed by atoms with van der Waals surface area (Å²) in [7, 11) is 0. The number of hydrogen-bond acceptors (Lipinski definition) is 4. The number of carboxylic acid groups (broad SMARTS) is 1. The average Bonchev–Trinajstić information content (AvgIpc) is 2.56. The molecule has 1 heterocycles. The number of carbonyl (C=O) groups is 1. The van der Waals surface area contributed by atoms with Crippen molar-refractivity contribution in [3.05, 3.63) is 36.0 Å². The third-order valence-electron chi connectivity index (χ3n) is 5.08. The number of fused-ring (bicyclic) bond motifs is 1. The SMILES string of the molecule is CCCc1ccc2nccc(NC3CC(N(CC)CC(=O)O)C3)c2c1. The van der Waals surface area contributed by atoms with E-state index in [1.54, 1.807) is 0 Å². The van der Waals surface area contributed by atoms with Gasteiger partial charge in [-0.3, -0.25) is 14.7 Å². The number of pyridine rings is 1. The summed E-state index contributed by atoms with van der Waals surface area (Å²) in [5, 5.41) is 13.8. The van der Waals surface area contributed by atoms with E-state index in [1.165, 1.54) is 10.9 Å². The minimum absolute atomic E-state index is 0.131. The lowest BCUT2D eigenvalue weighted by Gasteiger charge is -2.42. The molecule has 5 heteroatoms. The highest BCUT2D eigenvalue weighted by Crippen LogP contribution is 2.31. The van der Waals surface area contributed by atoms with E-state index in [2.05, 4.69) is 35.4 Å². The van der Waals surface area contributed by atoms with Gasteiger partial charge < -0.3 is 10.4 Å². The van der Waals surface area contributed by atoms with E-state index in [1.807, 2.05) is 24.1 Å². The zero-order valence-corrected chi connectivity index (χ0v) is 15.0. The molecule has 5 nitrogen and oxygen atoms in total. The molecular weight excluding hydrogens is 314 g/mol. The maximum Gasteiger partial charge on any atom is 0.317 e. The summed E-state index contributed by atoms with van der Waals surface area (Å²) >= 11 is 0. The lowest BCUT2D eigenvalue weighted by atomic mass is 9.85. The number of rotatable bonds is 8. The minimum atomic E-state index is -0.748. The van der Waals surface area contributed by atoms with Crippen LogP contribution < -0.4 is 5.32 Å². The standard InChI is InChI=1S/C20H27N3O2/c1-3-5-14-6-7-18-17(10-14)19(8-9-21-18)22-15-11-16(12-15)23(4-2)13-20(24)25/h6-10,15-16H,3-5,11-13H2,1-2H3,(H,21,22)(H,24,25). The fourth-order valence-electron chi connectivity index (χ4n) is 3.66. The Morgan fingerprint density at radius 3 is 2.80 bits per heavy atom. The quantitative estimate of drug-likeness (QED) is 0.769. The Balaban J connectivity index is 1.68. The van der Waals surface area contributed by atoms with E-state index in [-0.39, 0.29) is 6.54 Å². The fraction of sp³-hybridized carbons (Fsp3) is 0.500. The van der Waals surface area contributed by atoms with Crippen LogP contribution in [0, 0.1) is 0 Å². The van der Waals surface area contributed by atoms with E-state index < -0.39 is 5.97 Å². The van der Waals surface area contributed by atoms with Gasteiger partial charge in [0.15, 0.2) is 0 Å². The topological polar surface area (TPSA) is 65.5 Å². The first-order valence-corrected chi connectivity index (χ1v) is 9.20. The number of nitrogens with one attached hydrogen (secondary N) is 1. The summed E-state index contributed by atoms with van der Waals surface area (Å²) in [5.41, 5.74) is 3.49. The minimum Gasteiger partial charge on any atom is -0.480 e. The van der Waals surface area contributed by atoms with Gasteiger partial charge in [-0.25, -0.2) is 0 Å². The number of aryl methyl sites for hydroxylation is 1. The molecular formula is C20H27N3O2. The van der Waals surface area contributed by atoms with Gasteiger partial charge in [-0.15, -0.1) is 0 Å². The molecule has 1 aromatic carbocycles. The van der Waals surface area contributed by atoms with Crippen LogP contribution in [-0.4, -0.2) is 46.1 Å². The summed E-state index contributed by atoms with van der Waals surface area (Å²) in [6.07, 6.45) is 6.04. The van der Waals surface area contributed by atoms with E-state index >= 15 is 0 Å². The number of anilines is 1. The average molecular weight is 341 g/mol. The van der Waals surface area contributed by atoms with Crippen LogP contribution in [0.1, 0.15) is 38.7 Å². The van der Waals surface area contributed by atoms with E-state index in [0.717, 1.165) is 43.4 Å². The summed E-state index contributed by atoms with van der Waals surface area (Å²) < 4.78 is 0. The van der Waals surface area contributed by atoms with Gasteiger partial charge in [-0.1, -0.05) is 26.3 Å². The van der Waals surface area contributed by atoms with Crippen molar-refractivity contribution >= 4 is 22.6 Å². The molecule has 2 N–H and O–H groups in total. The molecule has 1 saturated carbocycles. The Morgan fingerprint density at radius 1 is 1.32 bits per heavy atom. The molecule has 1 aliphatic rings. The van der Waals surface area contributed by atoms with E-state index in [4.69, 9.17) is 5.11 Å². The number of aromatic nitrogens is 1. The molecule has 3 rings (SSSR count). The highest BCUT2D eigenvalue weighted by molar-refractivity contribution is 5.91. The largest absolute Gasteiger partial charge is 0.480 e. The highest BCUT2D eigenvalue weighted by Gasteiger charge is 2.33. The molecule has 0 unspecified atom stereocenters. The summed E-state index contributed by atoms with van der Waals surface area (Å²) in [6.45, 7) is 5.13. The van der Waals surface area contributed by atoms with Crippen molar-refractivity contribution in [2.75, 3.05) is 18.4 Å². The number of nitrogens with zero attached hydrogens (tertiary/aromatic N) is 2.